The number of anilines is 1. The van der Waals surface area contributed by atoms with E-state index in [1.165, 1.54) is 36.4 Å². The summed E-state index contributed by atoms with van der Waals surface area (Å²) in [6.45, 7) is 7.25. The van der Waals surface area contributed by atoms with Gasteiger partial charge in [0.2, 0.25) is 5.78 Å². The molecular weight excluding hydrogens is 509 g/mol. The van der Waals surface area contributed by atoms with Crippen molar-refractivity contribution in [1.82, 2.24) is 0 Å². The van der Waals surface area contributed by atoms with Crippen molar-refractivity contribution in [2.75, 3.05) is 11.3 Å². The van der Waals surface area contributed by atoms with Crippen LogP contribution in [0, 0.1) is 6.92 Å². The molecule has 3 aromatic rings. The number of esters is 1. The van der Waals surface area contributed by atoms with Crippen molar-refractivity contribution in [2.45, 2.75) is 38.0 Å². The number of Topliss-reactive ketones (excluding diaryl/α,β-unsaturated/α-hetero) is 1. The number of hydrogen-bond donors (Lipinski definition) is 1. The Morgan fingerprint density at radius 1 is 0.943 bits per heavy atom. The lowest BCUT2D eigenvalue weighted by Gasteiger charge is -2.21. The van der Waals surface area contributed by atoms with Crippen molar-refractivity contribution in [3.05, 3.63) is 93.0 Å². The van der Waals surface area contributed by atoms with Gasteiger partial charge in [0.15, 0.2) is 6.61 Å². The molecule has 0 amide bonds. The summed E-state index contributed by atoms with van der Waals surface area (Å²) < 4.78 is 33.7. The molecule has 0 aliphatic rings. The highest BCUT2D eigenvalue weighted by Crippen LogP contribution is 2.28. The third-order valence-corrected chi connectivity index (χ3v) is 7.37. The van der Waals surface area contributed by atoms with E-state index in [0.717, 1.165) is 5.56 Å². The molecule has 0 fully saturated rings. The van der Waals surface area contributed by atoms with Crippen LogP contribution in [0.15, 0.2) is 65.6 Å². The molecule has 3 rings (SSSR count). The maximum Gasteiger partial charge on any atom is 0.338 e. The Bertz CT molecular complexity index is 1380. The van der Waals surface area contributed by atoms with Gasteiger partial charge in [0.05, 0.1) is 15.5 Å². The standard InChI is InChI=1S/C26H25Cl2NO5S/c1-16-5-8-18(26(2,3)4)13-24(16)35(32,33)29-20-10-6-17(7-11-20)25(31)34-15-23(30)21-14-19(27)9-12-22(21)28/h5-14,29H,15H2,1-4H3. The Hall–Kier alpha value is -2.87. The largest absolute Gasteiger partial charge is 0.454 e. The van der Waals surface area contributed by atoms with Gasteiger partial charge in [-0.15, -0.1) is 0 Å². The first kappa shape index (κ1) is 26.7. The van der Waals surface area contributed by atoms with Crippen LogP contribution in [0.25, 0.3) is 0 Å². The van der Waals surface area contributed by atoms with Crippen LogP contribution in [-0.2, 0) is 20.2 Å². The fourth-order valence-corrected chi connectivity index (χ4v) is 4.97. The molecule has 6 nitrogen and oxygen atoms in total. The minimum absolute atomic E-state index is 0.155. The fourth-order valence-electron chi connectivity index (χ4n) is 3.24. The number of ether oxygens (including phenoxy) is 1. The molecule has 0 atom stereocenters. The van der Waals surface area contributed by atoms with E-state index in [0.29, 0.717) is 10.6 Å². The number of hydrogen-bond acceptors (Lipinski definition) is 5. The molecule has 0 saturated heterocycles. The van der Waals surface area contributed by atoms with E-state index in [1.807, 2.05) is 26.8 Å². The summed E-state index contributed by atoms with van der Waals surface area (Å²) in [5.74, 6) is -1.23. The summed E-state index contributed by atoms with van der Waals surface area (Å²) in [5, 5.41) is 0.540. The number of carbonyl (C=O) groups excluding carboxylic acids is 2. The Morgan fingerprint density at radius 3 is 2.23 bits per heavy atom. The summed E-state index contributed by atoms with van der Waals surface area (Å²) in [6.07, 6.45) is 0. The number of carbonyl (C=O) groups is 2. The van der Waals surface area contributed by atoms with Crippen LogP contribution in [0.3, 0.4) is 0 Å². The van der Waals surface area contributed by atoms with E-state index in [1.54, 1.807) is 25.1 Å². The maximum absolute atomic E-state index is 13.0. The third-order valence-electron chi connectivity index (χ3n) is 5.28. The second-order valence-corrected chi connectivity index (χ2v) is 11.5. The van der Waals surface area contributed by atoms with Gasteiger partial charge in [0.1, 0.15) is 0 Å². The van der Waals surface area contributed by atoms with Crippen molar-refractivity contribution in [2.24, 2.45) is 0 Å². The van der Waals surface area contributed by atoms with E-state index >= 15 is 0 Å². The lowest BCUT2D eigenvalue weighted by atomic mass is 9.87. The van der Waals surface area contributed by atoms with Crippen molar-refractivity contribution in [3.8, 4) is 0 Å². The molecule has 0 unspecified atom stereocenters. The van der Waals surface area contributed by atoms with Crippen LogP contribution in [-0.4, -0.2) is 26.8 Å². The molecule has 0 heterocycles. The number of benzene rings is 3. The normalized spacial score (nSPS) is 11.7. The van der Waals surface area contributed by atoms with Gasteiger partial charge < -0.3 is 4.74 Å². The van der Waals surface area contributed by atoms with Gasteiger partial charge in [-0.05, 0) is 72.0 Å². The summed E-state index contributed by atoms with van der Waals surface area (Å²) >= 11 is 11.9. The quantitative estimate of drug-likeness (QED) is 0.278. The second kappa shape index (κ2) is 10.4. The van der Waals surface area contributed by atoms with Crippen LogP contribution in [0.1, 0.15) is 52.6 Å². The Balaban J connectivity index is 1.69. The molecule has 0 aliphatic carbocycles. The van der Waals surface area contributed by atoms with Gasteiger partial charge in [-0.3, -0.25) is 9.52 Å². The van der Waals surface area contributed by atoms with Crippen molar-refractivity contribution >= 4 is 50.7 Å². The summed E-state index contributed by atoms with van der Waals surface area (Å²) in [7, 11) is -3.85. The third kappa shape index (κ3) is 6.63. The van der Waals surface area contributed by atoms with E-state index in [4.69, 9.17) is 27.9 Å². The summed E-state index contributed by atoms with van der Waals surface area (Å²) in [6, 6.07) is 15.5. The predicted molar refractivity (Wildman–Crippen MR) is 138 cm³/mol. The van der Waals surface area contributed by atoms with E-state index in [-0.39, 0.29) is 32.1 Å². The zero-order valence-corrected chi connectivity index (χ0v) is 22.0. The first-order valence-corrected chi connectivity index (χ1v) is 12.9. The van der Waals surface area contributed by atoms with Gasteiger partial charge in [-0.25, -0.2) is 13.2 Å². The minimum Gasteiger partial charge on any atom is -0.454 e. The summed E-state index contributed by atoms with van der Waals surface area (Å²) in [5.41, 5.74) is 1.90. The molecule has 1 N–H and O–H groups in total. The summed E-state index contributed by atoms with van der Waals surface area (Å²) in [4.78, 5) is 24.9. The number of ketones is 1. The van der Waals surface area contributed by atoms with E-state index < -0.39 is 28.4 Å². The van der Waals surface area contributed by atoms with Crippen LogP contribution in [0.2, 0.25) is 10.0 Å². The number of aryl methyl sites for hydroxylation is 1. The molecule has 0 radical (unpaired) electrons. The molecule has 0 spiro atoms. The van der Waals surface area contributed by atoms with Crippen LogP contribution in [0.4, 0.5) is 5.69 Å². The average Bonchev–Trinajstić information content (AvgIpc) is 2.78. The van der Waals surface area contributed by atoms with Crippen LogP contribution in [0.5, 0.6) is 0 Å². The Kier molecular flexibility index (Phi) is 7.94. The molecule has 0 saturated carbocycles. The number of sulfonamides is 1. The molecule has 9 heteroatoms. The fraction of sp³-hybridized carbons (Fsp3) is 0.231. The molecular formula is C26H25Cl2NO5S. The highest BCUT2D eigenvalue weighted by Gasteiger charge is 2.22. The zero-order chi connectivity index (χ0) is 26.0. The number of nitrogens with one attached hydrogen (secondary N) is 1. The molecule has 0 aromatic heterocycles. The monoisotopic (exact) mass is 533 g/mol. The van der Waals surface area contributed by atoms with Gasteiger partial charge in [0.25, 0.3) is 10.0 Å². The molecule has 0 aliphatic heterocycles. The lowest BCUT2D eigenvalue weighted by molar-refractivity contribution is 0.0475. The van der Waals surface area contributed by atoms with Crippen molar-refractivity contribution < 1.29 is 22.7 Å². The Labute approximate surface area is 215 Å². The highest BCUT2D eigenvalue weighted by atomic mass is 35.5. The zero-order valence-electron chi connectivity index (χ0n) is 19.7. The average molecular weight is 534 g/mol. The van der Waals surface area contributed by atoms with E-state index in [2.05, 4.69) is 4.72 Å². The Morgan fingerprint density at radius 2 is 1.60 bits per heavy atom. The highest BCUT2D eigenvalue weighted by molar-refractivity contribution is 7.92. The maximum atomic E-state index is 13.0. The van der Waals surface area contributed by atoms with Crippen LogP contribution < -0.4 is 4.72 Å². The number of rotatable bonds is 7. The van der Waals surface area contributed by atoms with Gasteiger partial charge in [0, 0.05) is 16.3 Å². The van der Waals surface area contributed by atoms with Gasteiger partial charge >= 0.3 is 5.97 Å². The molecule has 184 valence electrons. The van der Waals surface area contributed by atoms with Crippen molar-refractivity contribution in [3.63, 3.8) is 0 Å². The number of halogens is 2. The predicted octanol–water partition coefficient (Wildman–Crippen LogP) is 6.44. The molecule has 35 heavy (non-hydrogen) atoms. The first-order chi connectivity index (χ1) is 16.3. The first-order valence-electron chi connectivity index (χ1n) is 10.7. The van der Waals surface area contributed by atoms with Crippen molar-refractivity contribution in [1.29, 1.82) is 0 Å². The van der Waals surface area contributed by atoms with Gasteiger partial charge in [-0.2, -0.15) is 0 Å². The SMILES string of the molecule is Cc1ccc(C(C)(C)C)cc1S(=O)(=O)Nc1ccc(C(=O)OCC(=O)c2cc(Cl)ccc2Cl)cc1. The molecule has 0 bridgehead atoms. The minimum atomic E-state index is -3.85. The topological polar surface area (TPSA) is 89.5 Å². The van der Waals surface area contributed by atoms with Gasteiger partial charge in [-0.1, -0.05) is 56.1 Å². The molecule has 3 aromatic carbocycles. The second-order valence-electron chi connectivity index (χ2n) is 9.04. The lowest BCUT2D eigenvalue weighted by Crippen LogP contribution is -2.17. The van der Waals surface area contributed by atoms with Crippen LogP contribution >= 0.6 is 23.2 Å². The smallest absolute Gasteiger partial charge is 0.338 e. The van der Waals surface area contributed by atoms with E-state index in [9.17, 15) is 18.0 Å².